The maximum Gasteiger partial charge on any atom is 0.195 e. The van der Waals surface area contributed by atoms with E-state index in [9.17, 15) is 0 Å². The molecule has 164 valence electrons. The summed E-state index contributed by atoms with van der Waals surface area (Å²) < 4.78 is 11.5. The summed E-state index contributed by atoms with van der Waals surface area (Å²) in [5.74, 6) is 2.92. The molecule has 0 aliphatic carbocycles. The number of piperidine rings is 1. The SMILES string of the molecule is CN=C(NCC1CCCN(C)C1c1cccs1)Nc1ccc2c(c1)OCCCO2.I. The number of nitrogens with zero attached hydrogens (tertiary/aromatic N) is 2. The van der Waals surface area contributed by atoms with E-state index < -0.39 is 0 Å². The fraction of sp³-hybridized carbons (Fsp3) is 0.500. The Morgan fingerprint density at radius 2 is 2.03 bits per heavy atom. The van der Waals surface area contributed by atoms with Crippen LogP contribution in [0.25, 0.3) is 0 Å². The lowest BCUT2D eigenvalue weighted by Gasteiger charge is -2.39. The molecule has 2 aliphatic rings. The number of aliphatic imine (C=N–C) groups is 1. The molecule has 0 spiro atoms. The maximum atomic E-state index is 5.80. The topological polar surface area (TPSA) is 58.1 Å². The highest BCUT2D eigenvalue weighted by atomic mass is 127. The van der Waals surface area contributed by atoms with Crippen molar-refractivity contribution in [3.63, 3.8) is 0 Å². The number of nitrogens with one attached hydrogen (secondary N) is 2. The van der Waals surface area contributed by atoms with Crippen molar-refractivity contribution in [1.82, 2.24) is 10.2 Å². The summed E-state index contributed by atoms with van der Waals surface area (Å²) in [5, 5.41) is 9.10. The fourth-order valence-electron chi connectivity index (χ4n) is 4.17. The van der Waals surface area contributed by atoms with Gasteiger partial charge in [0.15, 0.2) is 17.5 Å². The second kappa shape index (κ2) is 11.2. The number of likely N-dealkylation sites (tertiary alicyclic amines) is 1. The van der Waals surface area contributed by atoms with Crippen molar-refractivity contribution in [1.29, 1.82) is 0 Å². The average molecular weight is 542 g/mol. The van der Waals surface area contributed by atoms with Gasteiger partial charge in [-0.2, -0.15) is 0 Å². The van der Waals surface area contributed by atoms with E-state index in [2.05, 4.69) is 45.1 Å². The number of hydrogen-bond acceptors (Lipinski definition) is 5. The van der Waals surface area contributed by atoms with Crippen LogP contribution in [0, 0.1) is 5.92 Å². The minimum absolute atomic E-state index is 0. The highest BCUT2D eigenvalue weighted by molar-refractivity contribution is 14.0. The van der Waals surface area contributed by atoms with Gasteiger partial charge in [0.2, 0.25) is 0 Å². The molecular weight excluding hydrogens is 511 g/mol. The zero-order chi connectivity index (χ0) is 20.1. The molecule has 1 fully saturated rings. The molecule has 2 atom stereocenters. The van der Waals surface area contributed by atoms with Crippen LogP contribution in [0.1, 0.15) is 30.2 Å². The van der Waals surface area contributed by atoms with Crippen molar-refractivity contribution in [2.45, 2.75) is 25.3 Å². The summed E-state index contributed by atoms with van der Waals surface area (Å²) in [6.45, 7) is 3.42. The van der Waals surface area contributed by atoms with Gasteiger partial charge in [0, 0.05) is 42.7 Å². The van der Waals surface area contributed by atoms with Crippen molar-refractivity contribution in [3.05, 3.63) is 40.6 Å². The molecule has 1 aromatic carbocycles. The molecular formula is C22H31IN4O2S. The molecule has 3 heterocycles. The Morgan fingerprint density at radius 3 is 2.80 bits per heavy atom. The number of ether oxygens (including phenoxy) is 2. The number of rotatable bonds is 4. The minimum atomic E-state index is 0. The Balaban J connectivity index is 0.00000256. The highest BCUT2D eigenvalue weighted by Crippen LogP contribution is 2.37. The lowest BCUT2D eigenvalue weighted by Crippen LogP contribution is -2.42. The largest absolute Gasteiger partial charge is 0.490 e. The molecule has 0 radical (unpaired) electrons. The summed E-state index contributed by atoms with van der Waals surface area (Å²) in [6, 6.07) is 10.8. The summed E-state index contributed by atoms with van der Waals surface area (Å²) in [7, 11) is 4.05. The molecule has 0 saturated carbocycles. The Hall–Kier alpha value is -1.52. The summed E-state index contributed by atoms with van der Waals surface area (Å²) in [5.41, 5.74) is 0.943. The van der Waals surface area contributed by atoms with E-state index in [0.717, 1.165) is 42.7 Å². The van der Waals surface area contributed by atoms with Crippen molar-refractivity contribution in [2.24, 2.45) is 10.9 Å². The molecule has 2 N–H and O–H groups in total. The third-order valence-electron chi connectivity index (χ3n) is 5.61. The van der Waals surface area contributed by atoms with E-state index in [1.54, 1.807) is 0 Å². The van der Waals surface area contributed by atoms with Gasteiger partial charge in [-0.05, 0) is 55.9 Å². The first-order valence-corrected chi connectivity index (χ1v) is 11.2. The van der Waals surface area contributed by atoms with Crippen molar-refractivity contribution in [3.8, 4) is 11.5 Å². The van der Waals surface area contributed by atoms with Gasteiger partial charge in [0.05, 0.1) is 13.2 Å². The molecule has 1 aromatic heterocycles. The summed E-state index contributed by atoms with van der Waals surface area (Å²) in [6.07, 6.45) is 3.36. The normalized spacial score (nSPS) is 22.0. The molecule has 2 aliphatic heterocycles. The Kier molecular flexibility index (Phi) is 8.64. The predicted octanol–water partition coefficient (Wildman–Crippen LogP) is 4.60. The molecule has 2 aromatic rings. The van der Waals surface area contributed by atoms with E-state index in [1.807, 2.05) is 36.6 Å². The molecule has 4 rings (SSSR count). The number of anilines is 1. The zero-order valence-corrected chi connectivity index (χ0v) is 20.7. The van der Waals surface area contributed by atoms with Gasteiger partial charge in [-0.3, -0.25) is 9.89 Å². The first-order chi connectivity index (χ1) is 14.2. The van der Waals surface area contributed by atoms with Gasteiger partial charge in [0.1, 0.15) is 0 Å². The number of guanidine groups is 1. The van der Waals surface area contributed by atoms with Crippen LogP contribution in [0.15, 0.2) is 40.7 Å². The maximum absolute atomic E-state index is 5.80. The van der Waals surface area contributed by atoms with Crippen LogP contribution in [0.2, 0.25) is 0 Å². The van der Waals surface area contributed by atoms with Crippen LogP contribution in [0.5, 0.6) is 11.5 Å². The number of halogens is 1. The van der Waals surface area contributed by atoms with Gasteiger partial charge >= 0.3 is 0 Å². The van der Waals surface area contributed by atoms with E-state index >= 15 is 0 Å². The predicted molar refractivity (Wildman–Crippen MR) is 135 cm³/mol. The average Bonchev–Trinajstić information content (AvgIpc) is 3.16. The molecule has 1 saturated heterocycles. The van der Waals surface area contributed by atoms with Gasteiger partial charge in [0.25, 0.3) is 0 Å². The van der Waals surface area contributed by atoms with E-state index in [4.69, 9.17) is 9.47 Å². The molecule has 6 nitrogen and oxygen atoms in total. The van der Waals surface area contributed by atoms with Crippen LogP contribution in [-0.2, 0) is 0 Å². The molecule has 0 bridgehead atoms. The fourth-order valence-corrected chi connectivity index (χ4v) is 5.15. The van der Waals surface area contributed by atoms with Crippen LogP contribution in [0.4, 0.5) is 5.69 Å². The van der Waals surface area contributed by atoms with Crippen LogP contribution >= 0.6 is 35.3 Å². The standard InChI is InChI=1S/C22H30N4O2S.HI/c1-23-22(25-17-8-9-18-19(14-17)28-12-5-11-27-18)24-15-16-6-3-10-26(2)21(16)20-7-4-13-29-20;/h4,7-9,13-14,16,21H,3,5-6,10-12,15H2,1-2H3,(H2,23,24,25);1H. The molecule has 8 heteroatoms. The summed E-state index contributed by atoms with van der Waals surface area (Å²) in [4.78, 5) is 8.35. The van der Waals surface area contributed by atoms with Crippen molar-refractivity contribution in [2.75, 3.05) is 45.7 Å². The first-order valence-electron chi connectivity index (χ1n) is 10.4. The van der Waals surface area contributed by atoms with Gasteiger partial charge in [-0.25, -0.2) is 0 Å². The third-order valence-corrected chi connectivity index (χ3v) is 6.55. The van der Waals surface area contributed by atoms with Crippen LogP contribution < -0.4 is 20.1 Å². The lowest BCUT2D eigenvalue weighted by atomic mass is 9.88. The number of thiophene rings is 1. The van der Waals surface area contributed by atoms with E-state index in [-0.39, 0.29) is 24.0 Å². The number of benzene rings is 1. The quantitative estimate of drug-likeness (QED) is 0.336. The number of fused-ring (bicyclic) bond motifs is 1. The lowest BCUT2D eigenvalue weighted by molar-refractivity contribution is 0.125. The van der Waals surface area contributed by atoms with Crippen molar-refractivity contribution >= 4 is 47.0 Å². The molecule has 2 unspecified atom stereocenters. The Morgan fingerprint density at radius 1 is 1.20 bits per heavy atom. The first kappa shape index (κ1) is 23.1. The smallest absolute Gasteiger partial charge is 0.195 e. The van der Waals surface area contributed by atoms with E-state index in [1.165, 1.54) is 17.7 Å². The zero-order valence-electron chi connectivity index (χ0n) is 17.6. The van der Waals surface area contributed by atoms with Crippen LogP contribution in [-0.4, -0.2) is 51.3 Å². The number of hydrogen-bond donors (Lipinski definition) is 2. The van der Waals surface area contributed by atoms with Gasteiger partial charge < -0.3 is 20.1 Å². The van der Waals surface area contributed by atoms with Gasteiger partial charge in [-0.1, -0.05) is 6.07 Å². The minimum Gasteiger partial charge on any atom is -0.490 e. The summed E-state index contributed by atoms with van der Waals surface area (Å²) >= 11 is 1.85. The Bertz CT molecular complexity index is 831. The van der Waals surface area contributed by atoms with Crippen LogP contribution in [0.3, 0.4) is 0 Å². The second-order valence-corrected chi connectivity index (χ2v) is 8.61. The highest BCUT2D eigenvalue weighted by Gasteiger charge is 2.31. The van der Waals surface area contributed by atoms with Crippen molar-refractivity contribution < 1.29 is 9.47 Å². The molecule has 30 heavy (non-hydrogen) atoms. The third kappa shape index (κ3) is 5.59. The second-order valence-electron chi connectivity index (χ2n) is 7.63. The monoisotopic (exact) mass is 542 g/mol. The van der Waals surface area contributed by atoms with E-state index in [0.29, 0.717) is 25.2 Å². The molecule has 0 amide bonds. The Labute approximate surface area is 200 Å². The van der Waals surface area contributed by atoms with Gasteiger partial charge in [-0.15, -0.1) is 35.3 Å².